The summed E-state index contributed by atoms with van der Waals surface area (Å²) in [4.78, 5) is 4.34. The number of hydrogen-bond acceptors (Lipinski definition) is 3. The summed E-state index contributed by atoms with van der Waals surface area (Å²) >= 11 is 0. The Labute approximate surface area is 97.0 Å². The fourth-order valence-electron chi connectivity index (χ4n) is 1.93. The molecule has 2 unspecified atom stereocenters. The molecule has 0 bridgehead atoms. The molecule has 4 nitrogen and oxygen atoms in total. The van der Waals surface area contributed by atoms with Crippen LogP contribution in [0.3, 0.4) is 0 Å². The van der Waals surface area contributed by atoms with Gasteiger partial charge in [0, 0.05) is 38.2 Å². The van der Waals surface area contributed by atoms with Crippen molar-refractivity contribution in [2.24, 2.45) is 5.92 Å². The van der Waals surface area contributed by atoms with E-state index in [0.717, 1.165) is 38.0 Å². The molecule has 0 saturated heterocycles. The second kappa shape index (κ2) is 5.34. The monoisotopic (exact) mass is 223 g/mol. The van der Waals surface area contributed by atoms with Crippen LogP contribution in [0.4, 0.5) is 5.95 Å². The predicted molar refractivity (Wildman–Crippen MR) is 64.6 cm³/mol. The molecular weight excluding hydrogens is 202 g/mol. The Balaban J connectivity index is 1.74. The van der Waals surface area contributed by atoms with E-state index in [9.17, 15) is 0 Å². The Morgan fingerprint density at radius 3 is 3.12 bits per heavy atom. The lowest BCUT2D eigenvalue weighted by atomic mass is 10.4. The molecule has 2 atom stereocenters. The molecule has 1 aliphatic carbocycles. The van der Waals surface area contributed by atoms with Crippen LogP contribution in [0, 0.1) is 5.92 Å². The van der Waals surface area contributed by atoms with Crippen molar-refractivity contribution in [1.82, 2.24) is 9.55 Å². The first-order chi connectivity index (χ1) is 7.83. The molecule has 0 aliphatic heterocycles. The van der Waals surface area contributed by atoms with Crippen LogP contribution in [0.15, 0.2) is 12.4 Å². The lowest BCUT2D eigenvalue weighted by Gasteiger charge is -2.09. The minimum absolute atomic E-state index is 0.664. The summed E-state index contributed by atoms with van der Waals surface area (Å²) in [5.74, 6) is 1.81. The van der Waals surface area contributed by atoms with E-state index in [-0.39, 0.29) is 0 Å². The summed E-state index contributed by atoms with van der Waals surface area (Å²) in [6.07, 6.45) is 6.25. The third-order valence-electron chi connectivity index (χ3n) is 3.05. The van der Waals surface area contributed by atoms with E-state index in [4.69, 9.17) is 4.74 Å². The van der Waals surface area contributed by atoms with Crippen LogP contribution in [-0.4, -0.2) is 29.3 Å². The van der Waals surface area contributed by atoms with Gasteiger partial charge in [0.1, 0.15) is 0 Å². The molecule has 0 spiro atoms. The van der Waals surface area contributed by atoms with Crippen molar-refractivity contribution >= 4 is 5.95 Å². The molecule has 1 aromatic rings. The highest BCUT2D eigenvalue weighted by Crippen LogP contribution is 2.43. The lowest BCUT2D eigenvalue weighted by Crippen LogP contribution is -2.10. The first-order valence-electron chi connectivity index (χ1n) is 6.17. The van der Waals surface area contributed by atoms with E-state index in [0.29, 0.717) is 6.04 Å². The molecule has 1 aliphatic rings. The standard InChI is InChI=1S/C12H21N3O/c1-3-16-8-4-5-13-12-14-6-7-15(12)11-9-10(11)2/h6-7,10-11H,3-5,8-9H2,1-2H3,(H,13,14). The topological polar surface area (TPSA) is 39.1 Å². The number of anilines is 1. The van der Waals surface area contributed by atoms with Gasteiger partial charge in [0.25, 0.3) is 0 Å². The van der Waals surface area contributed by atoms with Crippen LogP contribution in [0.25, 0.3) is 0 Å². The number of nitrogens with zero attached hydrogens (tertiary/aromatic N) is 2. The van der Waals surface area contributed by atoms with Crippen LogP contribution >= 0.6 is 0 Å². The zero-order valence-corrected chi connectivity index (χ0v) is 10.1. The van der Waals surface area contributed by atoms with Crippen LogP contribution in [-0.2, 0) is 4.74 Å². The van der Waals surface area contributed by atoms with Gasteiger partial charge >= 0.3 is 0 Å². The lowest BCUT2D eigenvalue weighted by molar-refractivity contribution is 0.147. The summed E-state index contributed by atoms with van der Waals surface area (Å²) in [6.45, 7) is 6.86. The molecule has 2 rings (SSSR count). The van der Waals surface area contributed by atoms with Crippen molar-refractivity contribution in [2.75, 3.05) is 25.1 Å². The first-order valence-corrected chi connectivity index (χ1v) is 6.17. The fraction of sp³-hybridized carbons (Fsp3) is 0.750. The maximum absolute atomic E-state index is 5.29. The Hall–Kier alpha value is -1.03. The number of aromatic nitrogens is 2. The van der Waals surface area contributed by atoms with Gasteiger partial charge in [0.15, 0.2) is 0 Å². The largest absolute Gasteiger partial charge is 0.382 e. The Morgan fingerprint density at radius 1 is 1.62 bits per heavy atom. The number of imidazole rings is 1. The number of hydrogen-bond donors (Lipinski definition) is 1. The van der Waals surface area contributed by atoms with Crippen LogP contribution in [0.2, 0.25) is 0 Å². The third kappa shape index (κ3) is 2.76. The van der Waals surface area contributed by atoms with Crippen molar-refractivity contribution in [3.05, 3.63) is 12.4 Å². The predicted octanol–water partition coefficient (Wildman–Crippen LogP) is 2.30. The summed E-state index contributed by atoms with van der Waals surface area (Å²) in [5, 5.41) is 3.37. The van der Waals surface area contributed by atoms with Crippen LogP contribution in [0.1, 0.15) is 32.7 Å². The molecule has 1 aromatic heterocycles. The maximum Gasteiger partial charge on any atom is 0.203 e. The molecule has 0 aromatic carbocycles. The molecular formula is C12H21N3O. The van der Waals surface area contributed by atoms with Gasteiger partial charge in [-0.05, 0) is 25.7 Å². The highest BCUT2D eigenvalue weighted by atomic mass is 16.5. The van der Waals surface area contributed by atoms with Crippen LogP contribution < -0.4 is 5.32 Å². The number of nitrogens with one attached hydrogen (secondary N) is 1. The van der Waals surface area contributed by atoms with Gasteiger partial charge < -0.3 is 14.6 Å². The van der Waals surface area contributed by atoms with E-state index in [1.54, 1.807) is 0 Å². The molecule has 1 saturated carbocycles. The summed E-state index contributed by atoms with van der Waals surface area (Å²) < 4.78 is 7.55. The van der Waals surface area contributed by atoms with Crippen LogP contribution in [0.5, 0.6) is 0 Å². The smallest absolute Gasteiger partial charge is 0.203 e. The van der Waals surface area contributed by atoms with Gasteiger partial charge in [0.2, 0.25) is 5.95 Å². The molecule has 90 valence electrons. The van der Waals surface area contributed by atoms with Crippen molar-refractivity contribution in [3.8, 4) is 0 Å². The van der Waals surface area contributed by atoms with Crippen molar-refractivity contribution in [2.45, 2.75) is 32.7 Å². The van der Waals surface area contributed by atoms with E-state index < -0.39 is 0 Å². The van der Waals surface area contributed by atoms with Gasteiger partial charge in [0.05, 0.1) is 0 Å². The first kappa shape index (κ1) is 11.5. The molecule has 0 amide bonds. The fourth-order valence-corrected chi connectivity index (χ4v) is 1.93. The third-order valence-corrected chi connectivity index (χ3v) is 3.05. The summed E-state index contributed by atoms with van der Waals surface area (Å²) in [7, 11) is 0. The normalized spacial score (nSPS) is 23.4. The van der Waals surface area contributed by atoms with E-state index in [2.05, 4.69) is 28.0 Å². The van der Waals surface area contributed by atoms with Gasteiger partial charge in [-0.1, -0.05) is 6.92 Å². The molecule has 4 heteroatoms. The van der Waals surface area contributed by atoms with Gasteiger partial charge in [-0.15, -0.1) is 0 Å². The van der Waals surface area contributed by atoms with Crippen molar-refractivity contribution in [1.29, 1.82) is 0 Å². The summed E-state index contributed by atoms with van der Waals surface area (Å²) in [5.41, 5.74) is 0. The Kier molecular flexibility index (Phi) is 3.83. The van der Waals surface area contributed by atoms with E-state index in [1.165, 1.54) is 6.42 Å². The molecule has 16 heavy (non-hydrogen) atoms. The van der Waals surface area contributed by atoms with E-state index >= 15 is 0 Å². The number of ether oxygens (including phenoxy) is 1. The Bertz CT molecular complexity index is 324. The zero-order valence-electron chi connectivity index (χ0n) is 10.1. The molecule has 0 radical (unpaired) electrons. The minimum Gasteiger partial charge on any atom is -0.382 e. The summed E-state index contributed by atoms with van der Waals surface area (Å²) in [6, 6.07) is 0.664. The molecule has 1 fully saturated rings. The molecule has 1 heterocycles. The SMILES string of the molecule is CCOCCCNc1nccn1C1CC1C. The van der Waals surface area contributed by atoms with E-state index in [1.807, 2.05) is 13.1 Å². The molecule has 1 N–H and O–H groups in total. The van der Waals surface area contributed by atoms with Crippen molar-refractivity contribution < 1.29 is 4.74 Å². The second-order valence-corrected chi connectivity index (χ2v) is 4.42. The minimum atomic E-state index is 0.664. The zero-order chi connectivity index (χ0) is 11.4. The quantitative estimate of drug-likeness (QED) is 0.721. The van der Waals surface area contributed by atoms with Crippen molar-refractivity contribution in [3.63, 3.8) is 0 Å². The maximum atomic E-state index is 5.29. The second-order valence-electron chi connectivity index (χ2n) is 4.42. The highest BCUT2D eigenvalue weighted by molar-refractivity contribution is 5.27. The van der Waals surface area contributed by atoms with Gasteiger partial charge in [-0.25, -0.2) is 4.98 Å². The average molecular weight is 223 g/mol. The Morgan fingerprint density at radius 2 is 2.44 bits per heavy atom. The highest BCUT2D eigenvalue weighted by Gasteiger charge is 2.35. The van der Waals surface area contributed by atoms with Gasteiger partial charge in [-0.2, -0.15) is 0 Å². The van der Waals surface area contributed by atoms with Gasteiger partial charge in [-0.3, -0.25) is 0 Å². The number of rotatable bonds is 7. The average Bonchev–Trinajstić information content (AvgIpc) is 2.82.